The minimum Gasteiger partial charge on any atom is -0.383 e. The Hall–Kier alpha value is -0.600. The summed E-state index contributed by atoms with van der Waals surface area (Å²) in [5.74, 6) is 0. The van der Waals surface area contributed by atoms with Gasteiger partial charge in [-0.05, 0) is 42.7 Å². The van der Waals surface area contributed by atoms with Gasteiger partial charge in [0.1, 0.15) is 6.10 Å². The van der Waals surface area contributed by atoms with Crippen LogP contribution < -0.4 is 0 Å². The van der Waals surface area contributed by atoms with E-state index in [4.69, 9.17) is 0 Å². The maximum absolute atomic E-state index is 10.2. The number of thiophene rings is 1. The number of aliphatic hydroxyl groups is 1. The van der Waals surface area contributed by atoms with Crippen LogP contribution in [0.4, 0.5) is 0 Å². The van der Waals surface area contributed by atoms with Gasteiger partial charge >= 0.3 is 0 Å². The molecule has 0 fully saturated rings. The molecule has 2 rings (SSSR count). The molecule has 1 unspecified atom stereocenters. The fraction of sp³-hybridized carbons (Fsp3) is 0.538. The second kappa shape index (κ2) is 5.47. The van der Waals surface area contributed by atoms with Crippen LogP contribution in [-0.4, -0.2) is 5.11 Å². The first-order valence-electron chi connectivity index (χ1n) is 5.78. The van der Waals surface area contributed by atoms with Crippen LogP contribution in [0.2, 0.25) is 0 Å². The van der Waals surface area contributed by atoms with Gasteiger partial charge in [0, 0.05) is 4.88 Å². The molecule has 0 amide bonds. The van der Waals surface area contributed by atoms with Crippen LogP contribution in [0.5, 0.6) is 0 Å². The average Bonchev–Trinajstić information content (AvgIpc) is 2.68. The van der Waals surface area contributed by atoms with Gasteiger partial charge in [-0.3, -0.25) is 0 Å². The van der Waals surface area contributed by atoms with E-state index >= 15 is 0 Å². The van der Waals surface area contributed by atoms with Crippen molar-refractivity contribution in [3.05, 3.63) is 34.0 Å². The Morgan fingerprint density at radius 3 is 2.87 bits per heavy atom. The molecular weight excluding hydrogens is 204 g/mol. The van der Waals surface area contributed by atoms with E-state index in [-0.39, 0.29) is 6.10 Å². The Morgan fingerprint density at radius 1 is 1.20 bits per heavy atom. The fourth-order valence-corrected chi connectivity index (χ4v) is 2.85. The molecule has 1 aliphatic rings. The van der Waals surface area contributed by atoms with Gasteiger partial charge in [-0.1, -0.05) is 25.0 Å². The van der Waals surface area contributed by atoms with Crippen molar-refractivity contribution >= 4 is 11.3 Å². The first kappa shape index (κ1) is 10.9. The van der Waals surface area contributed by atoms with Crippen LogP contribution in [0, 0.1) is 0 Å². The molecule has 0 bridgehead atoms. The van der Waals surface area contributed by atoms with Crippen LogP contribution >= 0.6 is 11.3 Å². The summed E-state index contributed by atoms with van der Waals surface area (Å²) in [6, 6.07) is 4.03. The van der Waals surface area contributed by atoms with Crippen LogP contribution in [0.3, 0.4) is 0 Å². The van der Waals surface area contributed by atoms with Gasteiger partial charge in [0.05, 0.1) is 0 Å². The number of aliphatic hydroxyl groups excluding tert-OH is 1. The van der Waals surface area contributed by atoms with Gasteiger partial charge in [0.25, 0.3) is 0 Å². The first-order chi connectivity index (χ1) is 7.38. The highest BCUT2D eigenvalue weighted by Crippen LogP contribution is 2.30. The minimum absolute atomic E-state index is 0.344. The van der Waals surface area contributed by atoms with Crippen LogP contribution in [0.15, 0.2) is 29.2 Å². The highest BCUT2D eigenvalue weighted by molar-refractivity contribution is 7.10. The molecule has 1 heterocycles. The zero-order chi connectivity index (χ0) is 10.5. The van der Waals surface area contributed by atoms with Crippen molar-refractivity contribution in [1.29, 1.82) is 0 Å². The van der Waals surface area contributed by atoms with E-state index in [1.165, 1.54) is 31.3 Å². The van der Waals surface area contributed by atoms with E-state index in [2.05, 4.69) is 6.08 Å². The van der Waals surface area contributed by atoms with Gasteiger partial charge in [-0.15, -0.1) is 11.3 Å². The molecular formula is C13H18OS. The van der Waals surface area contributed by atoms with Crippen molar-refractivity contribution in [3.8, 4) is 0 Å². The zero-order valence-corrected chi connectivity index (χ0v) is 9.80. The third-order valence-corrected chi connectivity index (χ3v) is 3.91. The fourth-order valence-electron chi connectivity index (χ4n) is 2.09. The van der Waals surface area contributed by atoms with Crippen molar-refractivity contribution in [2.24, 2.45) is 0 Å². The molecule has 1 aliphatic carbocycles. The maximum atomic E-state index is 10.2. The average molecular weight is 222 g/mol. The summed E-state index contributed by atoms with van der Waals surface area (Å²) in [6.07, 6.45) is 9.28. The Morgan fingerprint density at radius 2 is 2.07 bits per heavy atom. The molecule has 0 saturated heterocycles. The smallest absolute Gasteiger partial charge is 0.109 e. The Balaban J connectivity index is 2.07. The number of allylic oxidation sites excluding steroid dienone is 1. The Labute approximate surface area is 95.5 Å². The Bertz CT molecular complexity index is 313. The van der Waals surface area contributed by atoms with E-state index in [1.54, 1.807) is 11.3 Å². The molecule has 1 nitrogen and oxygen atoms in total. The topological polar surface area (TPSA) is 20.2 Å². The molecule has 0 aliphatic heterocycles. The summed E-state index contributed by atoms with van der Waals surface area (Å²) in [7, 11) is 0. The lowest BCUT2D eigenvalue weighted by atomic mass is 9.96. The van der Waals surface area contributed by atoms with Gasteiger partial charge in [0.15, 0.2) is 0 Å². The predicted molar refractivity (Wildman–Crippen MR) is 65.1 cm³/mol. The molecule has 0 spiro atoms. The lowest BCUT2D eigenvalue weighted by Gasteiger charge is -2.16. The van der Waals surface area contributed by atoms with E-state index in [0.29, 0.717) is 0 Å². The molecule has 1 atom stereocenters. The SMILES string of the molecule is OC(/C1=C/CCCCCC1)c1cccs1. The van der Waals surface area contributed by atoms with Gasteiger partial charge in [-0.2, -0.15) is 0 Å². The van der Waals surface area contributed by atoms with Crippen molar-refractivity contribution in [3.63, 3.8) is 0 Å². The van der Waals surface area contributed by atoms with Crippen LogP contribution in [-0.2, 0) is 0 Å². The molecule has 2 heteroatoms. The summed E-state index contributed by atoms with van der Waals surface area (Å²) in [5, 5.41) is 12.2. The first-order valence-corrected chi connectivity index (χ1v) is 6.66. The summed E-state index contributed by atoms with van der Waals surface area (Å²) in [6.45, 7) is 0. The predicted octanol–water partition coefficient (Wildman–Crippen LogP) is 4.06. The number of rotatable bonds is 2. The van der Waals surface area contributed by atoms with Gasteiger partial charge < -0.3 is 5.11 Å². The molecule has 15 heavy (non-hydrogen) atoms. The summed E-state index contributed by atoms with van der Waals surface area (Å²) in [5.41, 5.74) is 1.23. The third kappa shape index (κ3) is 2.93. The van der Waals surface area contributed by atoms with Crippen molar-refractivity contribution < 1.29 is 5.11 Å². The molecule has 1 aromatic heterocycles. The van der Waals surface area contributed by atoms with Crippen molar-refractivity contribution in [1.82, 2.24) is 0 Å². The second-order valence-electron chi connectivity index (χ2n) is 4.15. The largest absolute Gasteiger partial charge is 0.383 e. The second-order valence-corrected chi connectivity index (χ2v) is 5.13. The molecule has 1 aromatic rings. The quantitative estimate of drug-likeness (QED) is 0.748. The van der Waals surface area contributed by atoms with E-state index in [1.807, 2.05) is 17.5 Å². The number of hydrogen-bond donors (Lipinski definition) is 1. The monoisotopic (exact) mass is 222 g/mol. The van der Waals surface area contributed by atoms with Gasteiger partial charge in [0.2, 0.25) is 0 Å². The molecule has 1 N–H and O–H groups in total. The molecule has 0 saturated carbocycles. The van der Waals surface area contributed by atoms with E-state index < -0.39 is 0 Å². The minimum atomic E-state index is -0.344. The lowest BCUT2D eigenvalue weighted by Crippen LogP contribution is -2.01. The molecule has 82 valence electrons. The van der Waals surface area contributed by atoms with Crippen LogP contribution in [0.25, 0.3) is 0 Å². The Kier molecular flexibility index (Phi) is 3.98. The van der Waals surface area contributed by atoms with Crippen molar-refractivity contribution in [2.75, 3.05) is 0 Å². The van der Waals surface area contributed by atoms with E-state index in [0.717, 1.165) is 17.7 Å². The van der Waals surface area contributed by atoms with E-state index in [9.17, 15) is 5.11 Å². The number of hydrogen-bond acceptors (Lipinski definition) is 2. The maximum Gasteiger partial charge on any atom is 0.109 e. The van der Waals surface area contributed by atoms with Crippen molar-refractivity contribution in [2.45, 2.75) is 44.6 Å². The zero-order valence-electron chi connectivity index (χ0n) is 8.98. The summed E-state index contributed by atoms with van der Waals surface area (Å²) >= 11 is 1.65. The standard InChI is InChI=1S/C13H18OS/c14-13(12-9-6-10-15-12)11-7-4-2-1-3-5-8-11/h6-7,9-10,13-14H,1-5,8H2/b11-7+. The molecule has 0 radical (unpaired) electrons. The lowest BCUT2D eigenvalue weighted by molar-refractivity contribution is 0.213. The molecule has 0 aromatic carbocycles. The normalized spacial score (nSPS) is 23.7. The summed E-state index contributed by atoms with van der Waals surface area (Å²) in [4.78, 5) is 1.09. The highest BCUT2D eigenvalue weighted by Gasteiger charge is 2.14. The van der Waals surface area contributed by atoms with Crippen LogP contribution in [0.1, 0.15) is 49.5 Å². The van der Waals surface area contributed by atoms with Gasteiger partial charge in [-0.25, -0.2) is 0 Å². The highest BCUT2D eigenvalue weighted by atomic mass is 32.1. The third-order valence-electron chi connectivity index (χ3n) is 2.99. The summed E-state index contributed by atoms with van der Waals surface area (Å²) < 4.78 is 0.